The van der Waals surface area contributed by atoms with E-state index in [0.717, 1.165) is 23.8 Å². The van der Waals surface area contributed by atoms with E-state index in [0.29, 0.717) is 46.6 Å². The molecule has 0 unspecified atom stereocenters. The smallest absolute Gasteiger partial charge is 0.337 e. The first-order valence-electron chi connectivity index (χ1n) is 18.7. The number of rotatable bonds is 17. The summed E-state index contributed by atoms with van der Waals surface area (Å²) in [6.45, 7) is 2.28. The van der Waals surface area contributed by atoms with Gasteiger partial charge in [-0.2, -0.15) is 0 Å². The number of fused-ring (bicyclic) bond motifs is 1. The first kappa shape index (κ1) is 42.9. The van der Waals surface area contributed by atoms with Gasteiger partial charge in [-0.05, 0) is 47.9 Å². The lowest BCUT2D eigenvalue weighted by atomic mass is 10.1. The number of amides is 1. The predicted molar refractivity (Wildman–Crippen MR) is 216 cm³/mol. The van der Waals surface area contributed by atoms with Gasteiger partial charge in [0.1, 0.15) is 30.1 Å². The molecule has 19 heteroatoms. The van der Waals surface area contributed by atoms with Crippen LogP contribution in [-0.4, -0.2) is 69.1 Å². The van der Waals surface area contributed by atoms with E-state index in [1.54, 1.807) is 12.4 Å². The van der Waals surface area contributed by atoms with Crippen molar-refractivity contribution in [1.82, 2.24) is 34.4 Å². The molecule has 4 heterocycles. The van der Waals surface area contributed by atoms with Gasteiger partial charge in [-0.3, -0.25) is 23.9 Å². The summed E-state index contributed by atoms with van der Waals surface area (Å²) >= 11 is 0. The average molecular weight is 843 g/mol. The van der Waals surface area contributed by atoms with Crippen molar-refractivity contribution in [2.45, 2.75) is 56.6 Å². The Labute approximate surface area is 342 Å². The van der Waals surface area contributed by atoms with Crippen LogP contribution in [0.3, 0.4) is 0 Å². The van der Waals surface area contributed by atoms with Crippen molar-refractivity contribution in [3.63, 3.8) is 0 Å². The molecule has 0 aliphatic rings. The minimum absolute atomic E-state index is 0.00761. The number of nitrogens with zero attached hydrogens (tertiary/aromatic N) is 6. The van der Waals surface area contributed by atoms with Crippen molar-refractivity contribution in [3.8, 4) is 16.9 Å². The summed E-state index contributed by atoms with van der Waals surface area (Å²) in [6.07, 6.45) is 10.2. The van der Waals surface area contributed by atoms with Crippen LogP contribution in [0.25, 0.3) is 27.8 Å². The number of hydrogen-bond donors (Lipinski definition) is 2. The van der Waals surface area contributed by atoms with Crippen LogP contribution >= 0.6 is 0 Å². The molecule has 16 nitrogen and oxygen atoms in total. The number of unbranched alkanes of at least 4 members (excludes halogenated alkanes) is 3. The molecule has 2 N–H and O–H groups in total. The largest absolute Gasteiger partial charge is 0.464 e. The molecule has 0 spiro atoms. The molecule has 0 aliphatic carbocycles. The molecule has 6 aromatic rings. The Hall–Kier alpha value is -6.73. The number of esters is 1. The van der Waals surface area contributed by atoms with E-state index in [2.05, 4.69) is 25.3 Å². The van der Waals surface area contributed by atoms with Gasteiger partial charge in [-0.1, -0.05) is 44.4 Å². The van der Waals surface area contributed by atoms with Crippen molar-refractivity contribution < 1.29 is 36.3 Å². The van der Waals surface area contributed by atoms with Crippen LogP contribution in [0.2, 0.25) is 0 Å². The summed E-state index contributed by atoms with van der Waals surface area (Å²) in [4.78, 5) is 69.5. The molecular formula is C41H40F2N8O8S. The Balaban J connectivity index is 1.19. The Bertz CT molecular complexity index is 2750. The number of benzene rings is 2. The van der Waals surface area contributed by atoms with Gasteiger partial charge in [0.15, 0.2) is 5.82 Å². The zero-order valence-electron chi connectivity index (χ0n) is 32.7. The average Bonchev–Trinajstić information content (AvgIpc) is 3.24. The number of anilines is 1. The third-order valence-electron chi connectivity index (χ3n) is 9.41. The molecule has 60 heavy (non-hydrogen) atoms. The van der Waals surface area contributed by atoms with Gasteiger partial charge in [-0.15, -0.1) is 0 Å². The molecule has 0 radical (unpaired) electrons. The lowest BCUT2D eigenvalue weighted by Gasteiger charge is -2.19. The summed E-state index contributed by atoms with van der Waals surface area (Å²) in [5.41, 5.74) is -0.967. The molecule has 1 amide bonds. The standard InChI is InChI=1S/C41H40F2N8O8S/c1-4-5-6-7-16-59-40(54)34(17-25-8-13-37(47-20-25)51-39(53)29-14-15-44-23-35(29)50(2)41(51)55)48-38(52)30-18-32(43)33(19-31(30)42)49-60(56,57)28-11-9-26(10-12-28)27-21-45-36(24-58-3)46-22-27/h8-15,18-23,34,49H,4-7,16-17,24H2,1-3H3,(H,48,52)/t34-/m0/s1. The molecule has 0 aliphatic heterocycles. The Morgan fingerprint density at radius 2 is 1.63 bits per heavy atom. The van der Waals surface area contributed by atoms with E-state index >= 15 is 8.78 Å². The highest BCUT2D eigenvalue weighted by atomic mass is 32.2. The molecule has 2 aromatic carbocycles. The Morgan fingerprint density at radius 1 is 0.883 bits per heavy atom. The number of aromatic nitrogens is 6. The lowest BCUT2D eigenvalue weighted by Crippen LogP contribution is -2.44. The van der Waals surface area contributed by atoms with E-state index in [-0.39, 0.29) is 35.7 Å². The maximum absolute atomic E-state index is 15.5. The highest BCUT2D eigenvalue weighted by molar-refractivity contribution is 7.92. The summed E-state index contributed by atoms with van der Waals surface area (Å²) in [5, 5.41) is 2.63. The van der Waals surface area contributed by atoms with Crippen molar-refractivity contribution in [2.24, 2.45) is 7.05 Å². The van der Waals surface area contributed by atoms with Crippen LogP contribution in [0.5, 0.6) is 0 Å². The molecular weight excluding hydrogens is 803 g/mol. The van der Waals surface area contributed by atoms with Gasteiger partial charge < -0.3 is 14.8 Å². The van der Waals surface area contributed by atoms with Crippen LogP contribution < -0.4 is 21.3 Å². The maximum atomic E-state index is 15.5. The first-order valence-corrected chi connectivity index (χ1v) is 20.2. The third-order valence-corrected chi connectivity index (χ3v) is 10.8. The third kappa shape index (κ3) is 9.75. The van der Waals surface area contributed by atoms with Crippen molar-refractivity contribution in [1.29, 1.82) is 0 Å². The van der Waals surface area contributed by atoms with Crippen molar-refractivity contribution in [3.05, 3.63) is 135 Å². The van der Waals surface area contributed by atoms with Gasteiger partial charge in [0.2, 0.25) is 0 Å². The van der Waals surface area contributed by atoms with Crippen LogP contribution in [0.4, 0.5) is 14.5 Å². The van der Waals surface area contributed by atoms with Gasteiger partial charge in [-0.25, -0.2) is 46.3 Å². The summed E-state index contributed by atoms with van der Waals surface area (Å²) in [6, 6.07) is 9.51. The zero-order chi connectivity index (χ0) is 43.0. The topological polar surface area (TPSA) is 206 Å². The summed E-state index contributed by atoms with van der Waals surface area (Å²) in [5.74, 6) is -4.14. The van der Waals surface area contributed by atoms with Crippen LogP contribution in [0.15, 0.2) is 100 Å². The fourth-order valence-corrected chi connectivity index (χ4v) is 7.23. The van der Waals surface area contributed by atoms with Gasteiger partial charge >= 0.3 is 11.7 Å². The molecule has 312 valence electrons. The number of aryl methyl sites for hydroxylation is 1. The monoisotopic (exact) mass is 842 g/mol. The number of nitrogens with one attached hydrogen (secondary N) is 2. The van der Waals surface area contributed by atoms with E-state index in [4.69, 9.17) is 9.47 Å². The number of pyridine rings is 2. The van der Waals surface area contributed by atoms with E-state index in [1.165, 1.54) is 79.8 Å². The number of carbonyl (C=O) groups is 2. The normalized spacial score (nSPS) is 11.9. The van der Waals surface area contributed by atoms with Gasteiger partial charge in [0.05, 0.1) is 39.9 Å². The van der Waals surface area contributed by atoms with Gasteiger partial charge in [0.25, 0.3) is 21.5 Å². The second-order valence-corrected chi connectivity index (χ2v) is 15.3. The Kier molecular flexibility index (Phi) is 13.5. The summed E-state index contributed by atoms with van der Waals surface area (Å²) < 4.78 is 71.9. The number of carbonyl (C=O) groups excluding carboxylic acids is 2. The highest BCUT2D eigenvalue weighted by Crippen LogP contribution is 2.25. The molecule has 0 fully saturated rings. The van der Waals surface area contributed by atoms with Crippen LogP contribution in [0, 0.1) is 11.6 Å². The van der Waals surface area contributed by atoms with Crippen LogP contribution in [-0.2, 0) is 44.4 Å². The molecule has 6 rings (SSSR count). The number of halogens is 2. The Morgan fingerprint density at radius 3 is 2.32 bits per heavy atom. The number of methoxy groups -OCH3 is 1. The minimum Gasteiger partial charge on any atom is -0.464 e. The first-order chi connectivity index (χ1) is 28.8. The number of hydrogen-bond acceptors (Lipinski definition) is 12. The quantitative estimate of drug-likeness (QED) is 0.0953. The molecule has 0 saturated heterocycles. The van der Waals surface area contributed by atoms with Crippen molar-refractivity contribution in [2.75, 3.05) is 18.4 Å². The molecule has 1 atom stereocenters. The lowest BCUT2D eigenvalue weighted by molar-refractivity contribution is -0.146. The molecule has 0 bridgehead atoms. The molecule has 0 saturated carbocycles. The highest BCUT2D eigenvalue weighted by Gasteiger charge is 2.27. The summed E-state index contributed by atoms with van der Waals surface area (Å²) in [7, 11) is -1.43. The van der Waals surface area contributed by atoms with Gasteiger partial charge in [0, 0.05) is 57.0 Å². The fraction of sp³-hybridized carbons (Fsp3) is 0.268. The van der Waals surface area contributed by atoms with E-state index in [9.17, 15) is 27.6 Å². The zero-order valence-corrected chi connectivity index (χ0v) is 33.5. The van der Waals surface area contributed by atoms with Crippen LogP contribution in [0.1, 0.15) is 54.4 Å². The fourth-order valence-electron chi connectivity index (χ4n) is 6.17. The number of ether oxygens (including phenoxy) is 2. The minimum atomic E-state index is -4.43. The molecule has 4 aromatic heterocycles. The van der Waals surface area contributed by atoms with E-state index in [1.807, 2.05) is 11.6 Å². The maximum Gasteiger partial charge on any atom is 0.337 e. The van der Waals surface area contributed by atoms with E-state index < -0.39 is 62.1 Å². The number of sulfonamides is 1. The van der Waals surface area contributed by atoms with Crippen molar-refractivity contribution >= 4 is 38.5 Å². The second-order valence-electron chi connectivity index (χ2n) is 13.6. The second kappa shape index (κ2) is 18.9. The predicted octanol–water partition coefficient (Wildman–Crippen LogP) is 4.63. The SMILES string of the molecule is CCCCCCOC(=O)[C@H](Cc1ccc(-n2c(=O)c3ccncc3n(C)c2=O)nc1)NC(=O)c1cc(F)c(NS(=O)(=O)c2ccc(-c3cnc(COC)nc3)cc2)cc1F.